The van der Waals surface area contributed by atoms with Crippen molar-refractivity contribution in [1.29, 1.82) is 0 Å². The van der Waals surface area contributed by atoms with Crippen molar-refractivity contribution in [2.24, 2.45) is 7.05 Å². The lowest BCUT2D eigenvalue weighted by Gasteiger charge is -2.30. The van der Waals surface area contributed by atoms with Crippen molar-refractivity contribution in [1.82, 2.24) is 23.8 Å². The summed E-state index contributed by atoms with van der Waals surface area (Å²) in [6, 6.07) is 0. The van der Waals surface area contributed by atoms with Gasteiger partial charge in [0.15, 0.2) is 5.03 Å². The van der Waals surface area contributed by atoms with Gasteiger partial charge in [-0.3, -0.25) is 4.98 Å². The van der Waals surface area contributed by atoms with Gasteiger partial charge < -0.3 is 9.30 Å². The van der Waals surface area contributed by atoms with E-state index in [4.69, 9.17) is 4.74 Å². The molecule has 22 heavy (non-hydrogen) atoms. The largest absolute Gasteiger partial charge is 0.473 e. The molecule has 0 spiro atoms. The number of hydrogen-bond donors (Lipinski definition) is 0. The van der Waals surface area contributed by atoms with Crippen molar-refractivity contribution >= 4 is 10.0 Å². The zero-order chi connectivity index (χ0) is 15.6. The molecule has 0 bridgehead atoms. The van der Waals surface area contributed by atoms with Gasteiger partial charge in [-0.2, -0.15) is 4.31 Å². The van der Waals surface area contributed by atoms with E-state index in [-0.39, 0.29) is 11.1 Å². The molecule has 3 heterocycles. The Morgan fingerprint density at radius 2 is 2.00 bits per heavy atom. The molecule has 8 nitrogen and oxygen atoms in total. The highest BCUT2D eigenvalue weighted by Gasteiger charge is 2.31. The second-order valence-corrected chi connectivity index (χ2v) is 7.03. The molecule has 0 unspecified atom stereocenters. The SMILES string of the molecule is Cn1cnc(S(=O)(=O)N2CCC(Oc3cnccn3)CC2)c1. The fraction of sp³-hybridized carbons (Fsp3) is 0.462. The molecule has 0 aromatic carbocycles. The summed E-state index contributed by atoms with van der Waals surface area (Å²) in [5.74, 6) is 0.466. The number of aromatic nitrogens is 4. The fourth-order valence-electron chi connectivity index (χ4n) is 2.36. The van der Waals surface area contributed by atoms with Crippen LogP contribution >= 0.6 is 0 Å². The lowest BCUT2D eigenvalue weighted by atomic mass is 10.1. The number of sulfonamides is 1. The number of piperidine rings is 1. The first kappa shape index (κ1) is 14.9. The van der Waals surface area contributed by atoms with E-state index in [1.807, 2.05) is 0 Å². The van der Waals surface area contributed by atoms with Crippen LogP contribution in [0.2, 0.25) is 0 Å². The summed E-state index contributed by atoms with van der Waals surface area (Å²) >= 11 is 0. The minimum Gasteiger partial charge on any atom is -0.473 e. The third kappa shape index (κ3) is 3.09. The average molecular weight is 323 g/mol. The van der Waals surface area contributed by atoms with E-state index >= 15 is 0 Å². The molecule has 0 atom stereocenters. The van der Waals surface area contributed by atoms with E-state index in [1.165, 1.54) is 16.8 Å². The van der Waals surface area contributed by atoms with Gasteiger partial charge in [-0.15, -0.1) is 0 Å². The summed E-state index contributed by atoms with van der Waals surface area (Å²) < 4.78 is 33.7. The highest BCUT2D eigenvalue weighted by Crippen LogP contribution is 2.21. The van der Waals surface area contributed by atoms with Crippen molar-refractivity contribution < 1.29 is 13.2 Å². The Balaban J connectivity index is 1.62. The molecule has 1 aliphatic rings. The zero-order valence-electron chi connectivity index (χ0n) is 12.2. The molecule has 1 fully saturated rings. The number of imidazole rings is 1. The first-order chi connectivity index (χ1) is 10.6. The van der Waals surface area contributed by atoms with Gasteiger partial charge in [-0.05, 0) is 12.8 Å². The molecule has 0 radical (unpaired) electrons. The van der Waals surface area contributed by atoms with Crippen molar-refractivity contribution in [2.45, 2.75) is 24.0 Å². The molecule has 3 rings (SSSR count). The van der Waals surface area contributed by atoms with Crippen molar-refractivity contribution in [2.75, 3.05) is 13.1 Å². The van der Waals surface area contributed by atoms with Gasteiger partial charge in [0.25, 0.3) is 10.0 Å². The predicted octanol–water partition coefficient (Wildman–Crippen LogP) is 0.442. The van der Waals surface area contributed by atoms with Crippen molar-refractivity contribution in [3.63, 3.8) is 0 Å². The summed E-state index contributed by atoms with van der Waals surface area (Å²) in [6.07, 6.45) is 8.87. The van der Waals surface area contributed by atoms with Crippen LogP contribution in [0.5, 0.6) is 5.88 Å². The molecule has 0 amide bonds. The number of nitrogens with zero attached hydrogens (tertiary/aromatic N) is 5. The zero-order valence-corrected chi connectivity index (χ0v) is 13.0. The fourth-order valence-corrected chi connectivity index (χ4v) is 3.80. The Kier molecular flexibility index (Phi) is 4.08. The van der Waals surface area contributed by atoms with E-state index in [1.54, 1.807) is 30.2 Å². The van der Waals surface area contributed by atoms with Gasteiger partial charge in [0.2, 0.25) is 5.88 Å². The summed E-state index contributed by atoms with van der Waals surface area (Å²) in [7, 11) is -1.78. The Morgan fingerprint density at radius 3 is 2.59 bits per heavy atom. The minimum absolute atomic E-state index is 0.0492. The third-order valence-corrected chi connectivity index (χ3v) is 5.30. The second kappa shape index (κ2) is 6.01. The summed E-state index contributed by atoms with van der Waals surface area (Å²) in [5, 5.41) is 0.0864. The quantitative estimate of drug-likeness (QED) is 0.811. The lowest BCUT2D eigenvalue weighted by Crippen LogP contribution is -2.41. The number of rotatable bonds is 4. The summed E-state index contributed by atoms with van der Waals surface area (Å²) in [5.41, 5.74) is 0. The van der Waals surface area contributed by atoms with Crippen LogP contribution in [0, 0.1) is 0 Å². The van der Waals surface area contributed by atoms with Gasteiger partial charge in [-0.25, -0.2) is 18.4 Å². The molecular formula is C13H17N5O3S. The Hall–Kier alpha value is -2.00. The van der Waals surface area contributed by atoms with Crippen LogP contribution in [0.4, 0.5) is 0 Å². The van der Waals surface area contributed by atoms with Gasteiger partial charge >= 0.3 is 0 Å². The third-order valence-electron chi connectivity index (χ3n) is 3.51. The normalized spacial score (nSPS) is 17.5. The van der Waals surface area contributed by atoms with E-state index < -0.39 is 10.0 Å². The van der Waals surface area contributed by atoms with Crippen LogP contribution in [0.25, 0.3) is 0 Å². The lowest BCUT2D eigenvalue weighted by molar-refractivity contribution is 0.129. The molecule has 1 saturated heterocycles. The highest BCUT2D eigenvalue weighted by atomic mass is 32.2. The average Bonchev–Trinajstić information content (AvgIpc) is 2.96. The van der Waals surface area contributed by atoms with Crippen LogP contribution < -0.4 is 4.74 Å². The van der Waals surface area contributed by atoms with E-state index in [0.29, 0.717) is 31.8 Å². The Morgan fingerprint density at radius 1 is 1.23 bits per heavy atom. The first-order valence-electron chi connectivity index (χ1n) is 6.96. The molecule has 9 heteroatoms. The summed E-state index contributed by atoms with van der Waals surface area (Å²) in [4.78, 5) is 11.9. The highest BCUT2D eigenvalue weighted by molar-refractivity contribution is 7.89. The van der Waals surface area contributed by atoms with E-state index in [0.717, 1.165) is 0 Å². The first-order valence-corrected chi connectivity index (χ1v) is 8.40. The van der Waals surface area contributed by atoms with Crippen molar-refractivity contribution in [3.05, 3.63) is 31.1 Å². The molecule has 118 valence electrons. The van der Waals surface area contributed by atoms with Crippen LogP contribution in [0.15, 0.2) is 36.1 Å². The van der Waals surface area contributed by atoms with E-state index in [9.17, 15) is 8.42 Å². The standard InChI is InChI=1S/C13H17N5O3S/c1-17-9-13(16-10-17)22(19,20)18-6-2-11(3-7-18)21-12-8-14-4-5-15-12/h4-5,8-11H,2-3,6-7H2,1H3. The van der Waals surface area contributed by atoms with E-state index in [2.05, 4.69) is 15.0 Å². The smallest absolute Gasteiger partial charge is 0.262 e. The van der Waals surface area contributed by atoms with Crippen LogP contribution in [0.1, 0.15) is 12.8 Å². The Labute approximate surface area is 128 Å². The second-order valence-electron chi connectivity index (χ2n) is 5.14. The van der Waals surface area contributed by atoms with Crippen molar-refractivity contribution in [3.8, 4) is 5.88 Å². The monoisotopic (exact) mass is 323 g/mol. The molecule has 0 saturated carbocycles. The maximum Gasteiger partial charge on any atom is 0.262 e. The van der Waals surface area contributed by atoms with Gasteiger partial charge in [0.1, 0.15) is 6.10 Å². The van der Waals surface area contributed by atoms with Crippen LogP contribution in [-0.4, -0.2) is 51.4 Å². The van der Waals surface area contributed by atoms with Gasteiger partial charge in [-0.1, -0.05) is 0 Å². The van der Waals surface area contributed by atoms with Gasteiger partial charge in [0.05, 0.1) is 12.5 Å². The molecule has 0 aliphatic carbocycles. The Bertz CT molecular complexity index is 723. The molecular weight excluding hydrogens is 306 g/mol. The molecule has 0 N–H and O–H groups in total. The minimum atomic E-state index is -3.52. The number of aryl methyl sites for hydroxylation is 1. The number of ether oxygens (including phenoxy) is 1. The van der Waals surface area contributed by atoms with Crippen LogP contribution in [0.3, 0.4) is 0 Å². The predicted molar refractivity (Wildman–Crippen MR) is 77.6 cm³/mol. The number of hydrogen-bond acceptors (Lipinski definition) is 6. The van der Waals surface area contributed by atoms with Gasteiger partial charge in [0, 0.05) is 38.7 Å². The molecule has 2 aromatic heterocycles. The molecule has 2 aromatic rings. The maximum atomic E-state index is 12.5. The topological polar surface area (TPSA) is 90.2 Å². The molecule has 1 aliphatic heterocycles. The maximum absolute atomic E-state index is 12.5. The van der Waals surface area contributed by atoms with Crippen LogP contribution in [-0.2, 0) is 17.1 Å². The summed E-state index contributed by atoms with van der Waals surface area (Å²) in [6.45, 7) is 0.813.